The normalized spacial score (nSPS) is 20.4. The van der Waals surface area contributed by atoms with Crippen LogP contribution in [0.1, 0.15) is 32.4 Å². The molecule has 0 radical (unpaired) electrons. The molecule has 0 saturated carbocycles. The number of hydrogen-bond acceptors (Lipinski definition) is 4. The minimum Gasteiger partial charge on any atom is -0.365 e. The number of rotatable bonds is 4. The van der Waals surface area contributed by atoms with Crippen LogP contribution in [0.5, 0.6) is 0 Å². The molecule has 1 amide bonds. The largest absolute Gasteiger partial charge is 0.365 e. The smallest absolute Gasteiger partial charge is 0.253 e. The van der Waals surface area contributed by atoms with Crippen LogP contribution < -0.4 is 10.6 Å². The first-order valence-corrected chi connectivity index (χ1v) is 6.79. The average Bonchev–Trinajstić information content (AvgIpc) is 2.38. The van der Waals surface area contributed by atoms with Gasteiger partial charge in [-0.25, -0.2) is 0 Å². The number of aliphatic hydroxyl groups excluding tert-OH is 1. The van der Waals surface area contributed by atoms with Crippen LogP contribution >= 0.6 is 0 Å². The molecule has 2 rings (SSSR count). The van der Waals surface area contributed by atoms with Crippen molar-refractivity contribution < 1.29 is 9.90 Å². The summed E-state index contributed by atoms with van der Waals surface area (Å²) in [5, 5.41) is 16.1. The third kappa shape index (κ3) is 3.11. The van der Waals surface area contributed by atoms with Crippen LogP contribution in [0.4, 0.5) is 0 Å². The third-order valence-electron chi connectivity index (χ3n) is 3.30. The second-order valence-electron chi connectivity index (χ2n) is 5.19. The second kappa shape index (κ2) is 5.96. The van der Waals surface area contributed by atoms with Crippen LogP contribution in [0.15, 0.2) is 42.2 Å². The van der Waals surface area contributed by atoms with Gasteiger partial charge in [-0.3, -0.25) is 9.69 Å². The number of amides is 1. The van der Waals surface area contributed by atoms with Gasteiger partial charge in [-0.1, -0.05) is 30.3 Å². The Balaban J connectivity index is 2.08. The maximum absolute atomic E-state index is 12.0. The van der Waals surface area contributed by atoms with Gasteiger partial charge in [0.2, 0.25) is 6.35 Å². The molecule has 5 nitrogen and oxygen atoms in total. The van der Waals surface area contributed by atoms with Gasteiger partial charge in [0.25, 0.3) is 5.91 Å². The summed E-state index contributed by atoms with van der Waals surface area (Å²) in [6.45, 7) is 5.73. The van der Waals surface area contributed by atoms with Crippen LogP contribution in [-0.4, -0.2) is 28.3 Å². The van der Waals surface area contributed by atoms with Gasteiger partial charge in [-0.05, 0) is 26.3 Å². The van der Waals surface area contributed by atoms with Crippen molar-refractivity contribution in [2.45, 2.75) is 39.2 Å². The number of benzene rings is 1. The number of aliphatic hydroxyl groups is 1. The van der Waals surface area contributed by atoms with E-state index in [9.17, 15) is 9.90 Å². The Hall–Kier alpha value is -2.01. The molecule has 0 fully saturated rings. The second-order valence-corrected chi connectivity index (χ2v) is 5.19. The first-order valence-electron chi connectivity index (χ1n) is 6.79. The molecule has 108 valence electrons. The van der Waals surface area contributed by atoms with Crippen molar-refractivity contribution in [2.75, 3.05) is 0 Å². The predicted octanol–water partition coefficient (Wildman–Crippen LogP) is 1.29. The van der Waals surface area contributed by atoms with E-state index >= 15 is 0 Å². The fraction of sp³-hybridized carbons (Fsp3) is 0.400. The quantitative estimate of drug-likeness (QED) is 0.775. The molecule has 20 heavy (non-hydrogen) atoms. The highest BCUT2D eigenvalue weighted by Crippen LogP contribution is 2.15. The summed E-state index contributed by atoms with van der Waals surface area (Å²) in [4.78, 5) is 13.4. The maximum Gasteiger partial charge on any atom is 0.253 e. The van der Waals surface area contributed by atoms with Crippen molar-refractivity contribution >= 4 is 5.91 Å². The zero-order valence-corrected chi connectivity index (χ0v) is 12.0. The molecular weight excluding hydrogens is 254 g/mol. The molecule has 0 spiro atoms. The van der Waals surface area contributed by atoms with Crippen molar-refractivity contribution in [1.29, 1.82) is 0 Å². The summed E-state index contributed by atoms with van der Waals surface area (Å²) in [6, 6.07) is 9.91. The SMILES string of the molecule is CC(C)N1C(=O)C=C(N[C@@H](C)c2ccccc2)NC1O. The Labute approximate surface area is 119 Å². The van der Waals surface area contributed by atoms with Crippen LogP contribution in [0.2, 0.25) is 0 Å². The van der Waals surface area contributed by atoms with E-state index in [1.807, 2.05) is 51.1 Å². The molecule has 3 N–H and O–H groups in total. The predicted molar refractivity (Wildman–Crippen MR) is 77.2 cm³/mol. The summed E-state index contributed by atoms with van der Waals surface area (Å²) >= 11 is 0. The fourth-order valence-electron chi connectivity index (χ4n) is 2.25. The van der Waals surface area contributed by atoms with Crippen LogP contribution in [0, 0.1) is 0 Å². The third-order valence-corrected chi connectivity index (χ3v) is 3.30. The van der Waals surface area contributed by atoms with Crippen molar-refractivity contribution in [3.63, 3.8) is 0 Å². The molecule has 0 saturated heterocycles. The van der Waals surface area contributed by atoms with E-state index in [2.05, 4.69) is 10.6 Å². The fourth-order valence-corrected chi connectivity index (χ4v) is 2.25. The lowest BCUT2D eigenvalue weighted by Crippen LogP contribution is -2.56. The monoisotopic (exact) mass is 275 g/mol. The minimum absolute atomic E-state index is 0.0422. The van der Waals surface area contributed by atoms with E-state index in [0.717, 1.165) is 5.56 Å². The van der Waals surface area contributed by atoms with E-state index in [-0.39, 0.29) is 18.0 Å². The highest BCUT2D eigenvalue weighted by molar-refractivity contribution is 5.89. The highest BCUT2D eigenvalue weighted by Gasteiger charge is 2.28. The molecule has 1 aliphatic heterocycles. The highest BCUT2D eigenvalue weighted by atomic mass is 16.3. The summed E-state index contributed by atoms with van der Waals surface area (Å²) in [5.41, 5.74) is 1.11. The van der Waals surface area contributed by atoms with E-state index in [1.54, 1.807) is 0 Å². The molecule has 2 atom stereocenters. The van der Waals surface area contributed by atoms with Gasteiger partial charge in [0, 0.05) is 18.2 Å². The van der Waals surface area contributed by atoms with Gasteiger partial charge >= 0.3 is 0 Å². The molecule has 0 aliphatic carbocycles. The summed E-state index contributed by atoms with van der Waals surface area (Å²) in [6.07, 6.45) is 0.476. The van der Waals surface area contributed by atoms with E-state index < -0.39 is 6.35 Å². The van der Waals surface area contributed by atoms with Crippen molar-refractivity contribution in [1.82, 2.24) is 15.5 Å². The summed E-state index contributed by atoms with van der Waals surface area (Å²) in [5.74, 6) is 0.338. The lowest BCUT2D eigenvalue weighted by molar-refractivity contribution is -0.143. The summed E-state index contributed by atoms with van der Waals surface area (Å²) in [7, 11) is 0. The molecule has 1 heterocycles. The number of nitrogens with zero attached hydrogens (tertiary/aromatic N) is 1. The lowest BCUT2D eigenvalue weighted by Gasteiger charge is -2.36. The number of carbonyl (C=O) groups is 1. The van der Waals surface area contributed by atoms with E-state index in [0.29, 0.717) is 5.82 Å². The van der Waals surface area contributed by atoms with Gasteiger partial charge in [-0.2, -0.15) is 0 Å². The zero-order chi connectivity index (χ0) is 14.7. The molecular formula is C15H21N3O2. The Morgan fingerprint density at radius 3 is 2.45 bits per heavy atom. The van der Waals surface area contributed by atoms with Gasteiger partial charge in [-0.15, -0.1) is 0 Å². The number of nitrogens with one attached hydrogen (secondary N) is 2. The van der Waals surface area contributed by atoms with E-state index in [1.165, 1.54) is 11.0 Å². The molecule has 1 aromatic rings. The minimum atomic E-state index is -1.00. The Morgan fingerprint density at radius 1 is 1.25 bits per heavy atom. The molecule has 1 unspecified atom stereocenters. The van der Waals surface area contributed by atoms with Crippen LogP contribution in [0.25, 0.3) is 0 Å². The van der Waals surface area contributed by atoms with Gasteiger partial charge < -0.3 is 15.7 Å². The van der Waals surface area contributed by atoms with Crippen LogP contribution in [-0.2, 0) is 4.79 Å². The Bertz CT molecular complexity index is 499. The Kier molecular flexibility index (Phi) is 4.29. The molecule has 5 heteroatoms. The lowest BCUT2D eigenvalue weighted by atomic mass is 10.1. The average molecular weight is 275 g/mol. The summed E-state index contributed by atoms with van der Waals surface area (Å²) < 4.78 is 0. The standard InChI is InChI=1S/C15H21N3O2/c1-10(2)18-14(19)9-13(17-15(18)20)16-11(3)12-7-5-4-6-8-12/h4-11,15-17,20H,1-3H3/t11-,15?/m0/s1. The van der Waals surface area contributed by atoms with Crippen molar-refractivity contribution in [2.24, 2.45) is 0 Å². The van der Waals surface area contributed by atoms with Crippen LogP contribution in [0.3, 0.4) is 0 Å². The molecule has 1 aromatic carbocycles. The molecule has 0 aromatic heterocycles. The first kappa shape index (κ1) is 14.4. The van der Waals surface area contributed by atoms with Gasteiger partial charge in [0.1, 0.15) is 5.82 Å². The maximum atomic E-state index is 12.0. The van der Waals surface area contributed by atoms with Gasteiger partial charge in [0.15, 0.2) is 0 Å². The first-order chi connectivity index (χ1) is 9.49. The molecule has 0 bridgehead atoms. The topological polar surface area (TPSA) is 64.6 Å². The number of hydrogen-bond donors (Lipinski definition) is 3. The zero-order valence-electron chi connectivity index (χ0n) is 12.0. The number of carbonyl (C=O) groups excluding carboxylic acids is 1. The van der Waals surface area contributed by atoms with Crippen molar-refractivity contribution in [3.8, 4) is 0 Å². The van der Waals surface area contributed by atoms with E-state index in [4.69, 9.17) is 0 Å². The molecule has 1 aliphatic rings. The van der Waals surface area contributed by atoms with Crippen molar-refractivity contribution in [3.05, 3.63) is 47.8 Å². The van der Waals surface area contributed by atoms with Gasteiger partial charge in [0.05, 0.1) is 0 Å². The Morgan fingerprint density at radius 2 is 1.90 bits per heavy atom.